The summed E-state index contributed by atoms with van der Waals surface area (Å²) < 4.78 is 19.8. The third kappa shape index (κ3) is 7.08. The minimum Gasteiger partial charge on any atom is -0.481 e. The van der Waals surface area contributed by atoms with E-state index in [0.29, 0.717) is 84.0 Å². The third-order valence-corrected chi connectivity index (χ3v) is 15.8. The van der Waals surface area contributed by atoms with E-state index in [1.54, 1.807) is 53.8 Å². The molecule has 0 bridgehead atoms. The number of carbonyl (C=O) groups is 2. The Hall–Kier alpha value is -4.08. The first-order chi connectivity index (χ1) is 27.9. The maximum absolute atomic E-state index is 14.3. The van der Waals surface area contributed by atoms with Gasteiger partial charge in [0.1, 0.15) is 17.2 Å². The number of aromatic nitrogens is 1. The number of hydrogen-bond acceptors (Lipinski definition) is 13. The number of anilines is 1. The van der Waals surface area contributed by atoms with Crippen LogP contribution in [-0.4, -0.2) is 93.1 Å². The van der Waals surface area contributed by atoms with Crippen LogP contribution in [0.15, 0.2) is 75.1 Å². The third-order valence-electron chi connectivity index (χ3n) is 13.1. The van der Waals surface area contributed by atoms with Gasteiger partial charge in [-0.3, -0.25) is 4.79 Å². The van der Waals surface area contributed by atoms with Crippen molar-refractivity contribution in [3.8, 4) is 5.75 Å². The summed E-state index contributed by atoms with van der Waals surface area (Å²) >= 11 is 0. The fraction of sp³-hybridized carbons (Fsp3) is 0.500. The number of allylic oxidation sites excluding steroid dienone is 1. The van der Waals surface area contributed by atoms with Crippen LogP contribution in [0.2, 0.25) is 0 Å². The number of ether oxygens (including phenoxy) is 2. The number of amides is 1. The van der Waals surface area contributed by atoms with E-state index >= 15 is 0 Å². The number of nitrogens with zero attached hydrogens (tertiary/aromatic N) is 2. The molecule has 8 atom stereocenters. The second kappa shape index (κ2) is 16.2. The summed E-state index contributed by atoms with van der Waals surface area (Å²) in [5.74, 6) is 0.643. The minimum absolute atomic E-state index is 0.00704. The number of nitrogens with two attached hydrogens (primary N) is 1. The molecule has 2 aliphatic carbocycles. The van der Waals surface area contributed by atoms with Gasteiger partial charge in [0, 0.05) is 79.1 Å². The van der Waals surface area contributed by atoms with Crippen molar-refractivity contribution in [2.45, 2.75) is 93.7 Å². The molecule has 12 nitrogen and oxygen atoms in total. The molecule has 3 aromatic rings. The van der Waals surface area contributed by atoms with Crippen LogP contribution >= 0.6 is 21.6 Å². The molecule has 1 aromatic carbocycles. The molecule has 1 spiro atoms. The lowest BCUT2D eigenvalue weighted by molar-refractivity contribution is -0.183. The van der Waals surface area contributed by atoms with Crippen molar-refractivity contribution in [1.82, 2.24) is 15.2 Å². The average Bonchev–Trinajstić information content (AvgIpc) is 3.56. The maximum Gasteiger partial charge on any atom is 0.339 e. The zero-order valence-corrected chi connectivity index (χ0v) is 35.0. The van der Waals surface area contributed by atoms with Gasteiger partial charge in [-0.2, -0.15) is 0 Å². The van der Waals surface area contributed by atoms with E-state index in [0.717, 1.165) is 22.3 Å². The van der Waals surface area contributed by atoms with Crippen LogP contribution in [0, 0.1) is 11.8 Å². The molecule has 3 aliphatic heterocycles. The van der Waals surface area contributed by atoms with Crippen LogP contribution in [0.5, 0.6) is 5.75 Å². The van der Waals surface area contributed by atoms with Gasteiger partial charge in [0.25, 0.3) is 0 Å². The van der Waals surface area contributed by atoms with Gasteiger partial charge in [-0.25, -0.2) is 14.6 Å². The Kier molecular flexibility index (Phi) is 11.3. The predicted octanol–water partition coefficient (Wildman–Crippen LogP) is 5.04. The van der Waals surface area contributed by atoms with Gasteiger partial charge in [0.15, 0.2) is 11.2 Å². The number of nitrogens with one attached hydrogen (secondary N) is 1. The van der Waals surface area contributed by atoms with E-state index in [9.17, 15) is 24.6 Å². The molecule has 5 N–H and O–H groups in total. The zero-order valence-electron chi connectivity index (χ0n) is 33.4. The smallest absolute Gasteiger partial charge is 0.339 e. The summed E-state index contributed by atoms with van der Waals surface area (Å²) in [5.41, 5.74) is 8.32. The largest absolute Gasteiger partial charge is 0.481 e. The number of rotatable bonds is 9. The highest BCUT2D eigenvalue weighted by Gasteiger charge is 2.64. The number of benzene rings is 1. The van der Waals surface area contributed by atoms with Gasteiger partial charge < -0.3 is 40.1 Å². The van der Waals surface area contributed by atoms with Gasteiger partial charge in [0.05, 0.1) is 23.6 Å². The first-order valence-corrected chi connectivity index (χ1v) is 22.5. The lowest BCUT2D eigenvalue weighted by atomic mass is 9.61. The number of pyridine rings is 1. The van der Waals surface area contributed by atoms with Crippen molar-refractivity contribution in [2.75, 3.05) is 38.3 Å². The van der Waals surface area contributed by atoms with E-state index in [-0.39, 0.29) is 48.8 Å². The van der Waals surface area contributed by atoms with Crippen molar-refractivity contribution < 1.29 is 33.7 Å². The average molecular weight is 829 g/mol. The Balaban J connectivity index is 1.25. The minimum atomic E-state index is -1.22. The summed E-state index contributed by atoms with van der Waals surface area (Å²) in [4.78, 5) is 48.0. The SMILES string of the molecule is CC=C(C)C(=O)OC1(C)CC=C2CSSC3C=CC(NC)C4CN(C(=O)Cc5cnc(N)cc5C2C12Cc1cc5cc(CC(CO)CCCO)c(=O)oc5cc1O2)C34. The predicted molar refractivity (Wildman–Crippen MR) is 227 cm³/mol. The monoisotopic (exact) mass is 828 g/mol. The molecule has 0 saturated carbocycles. The van der Waals surface area contributed by atoms with Crippen LogP contribution in [0.4, 0.5) is 5.82 Å². The zero-order chi connectivity index (χ0) is 40.9. The second-order valence-electron chi connectivity index (χ2n) is 16.6. The summed E-state index contributed by atoms with van der Waals surface area (Å²) in [6.45, 7) is 6.02. The Morgan fingerprint density at radius 2 is 2.03 bits per heavy atom. The number of hydrogen-bond donors (Lipinski definition) is 4. The number of likely N-dealkylation sites (N-methyl/N-ethyl adjacent to an activating group) is 1. The molecule has 0 radical (unpaired) electrons. The van der Waals surface area contributed by atoms with Crippen LogP contribution in [0.3, 0.4) is 0 Å². The standard InChI is InChI=1S/C44H52N4O8S2/c1-5-24(2)41(52)56-43(3)11-10-26-23-57-58-36-9-8-33(46-4)32-21-48(40(32)36)38(51)16-30-20-47-37(45)17-31(30)39(26)44(43)19-29-15-27-14-28(13-25(22-50)7-6-12-49)42(53)54-34(27)18-35(29)55-44/h5,8-10,14-15,17-18,20,25,32-33,36,39-40,46,49-50H,6-7,11-13,16,19,21-23H2,1-4H3,(H2,45,47). The number of nitrogen functional groups attached to an aromatic ring is 1. The van der Waals surface area contributed by atoms with E-state index in [1.165, 1.54) is 0 Å². The highest BCUT2D eigenvalue weighted by molar-refractivity contribution is 8.77. The van der Waals surface area contributed by atoms with E-state index in [4.69, 9.17) is 19.6 Å². The summed E-state index contributed by atoms with van der Waals surface area (Å²) in [7, 11) is 5.51. The van der Waals surface area contributed by atoms with Crippen molar-refractivity contribution in [1.29, 1.82) is 0 Å². The number of aliphatic hydroxyl groups is 2. The first kappa shape index (κ1) is 40.7. The van der Waals surface area contributed by atoms with Crippen LogP contribution in [-0.2, 0) is 33.6 Å². The van der Waals surface area contributed by atoms with Crippen molar-refractivity contribution in [3.05, 3.63) is 98.6 Å². The Bertz CT molecular complexity index is 2270. The van der Waals surface area contributed by atoms with E-state index in [2.05, 4.69) is 28.5 Å². The molecule has 1 amide bonds. The summed E-state index contributed by atoms with van der Waals surface area (Å²) in [5, 5.41) is 23.6. The molecular formula is C44H52N4O8S2. The van der Waals surface area contributed by atoms with Gasteiger partial charge >= 0.3 is 11.6 Å². The van der Waals surface area contributed by atoms with Crippen LogP contribution in [0.1, 0.15) is 68.2 Å². The Morgan fingerprint density at radius 3 is 2.79 bits per heavy atom. The molecule has 2 aromatic heterocycles. The molecular weight excluding hydrogens is 777 g/mol. The van der Waals surface area contributed by atoms with Crippen LogP contribution < -0.4 is 21.4 Å². The molecule has 308 valence electrons. The number of carbonyl (C=O) groups excluding carboxylic acids is 2. The highest BCUT2D eigenvalue weighted by atomic mass is 33.1. The quantitative estimate of drug-likeness (QED) is 0.0743. The molecule has 8 unspecified atom stereocenters. The highest BCUT2D eigenvalue weighted by Crippen LogP contribution is 2.59. The van der Waals surface area contributed by atoms with E-state index in [1.807, 2.05) is 37.1 Å². The van der Waals surface area contributed by atoms with Gasteiger partial charge in [-0.1, -0.05) is 51.5 Å². The van der Waals surface area contributed by atoms with Gasteiger partial charge in [-0.05, 0) is 87.9 Å². The summed E-state index contributed by atoms with van der Waals surface area (Å²) in [6, 6.07) is 7.68. The fourth-order valence-corrected chi connectivity index (χ4v) is 12.6. The van der Waals surface area contributed by atoms with Gasteiger partial charge in [0.2, 0.25) is 5.91 Å². The number of esters is 1. The molecule has 1 saturated heterocycles. The normalized spacial score (nSPS) is 29.5. The first-order valence-electron chi connectivity index (χ1n) is 20.2. The molecule has 5 heterocycles. The molecule has 1 fully saturated rings. The Morgan fingerprint density at radius 1 is 1.21 bits per heavy atom. The number of aliphatic hydroxyl groups excluding tert-OH is 2. The fourth-order valence-electron chi connectivity index (χ4n) is 9.71. The number of fused-ring (bicyclic) bond motifs is 6. The van der Waals surface area contributed by atoms with Gasteiger partial charge in [-0.15, -0.1) is 0 Å². The van der Waals surface area contributed by atoms with Crippen molar-refractivity contribution in [2.24, 2.45) is 11.8 Å². The molecule has 14 heteroatoms. The molecule has 58 heavy (non-hydrogen) atoms. The second-order valence-corrected chi connectivity index (χ2v) is 19.1. The van der Waals surface area contributed by atoms with E-state index < -0.39 is 28.7 Å². The van der Waals surface area contributed by atoms with Crippen molar-refractivity contribution >= 4 is 50.3 Å². The lowest BCUT2D eigenvalue weighted by Crippen LogP contribution is -2.68. The lowest BCUT2D eigenvalue weighted by Gasteiger charge is -2.55. The molecule has 5 aliphatic rings. The Labute approximate surface area is 346 Å². The maximum atomic E-state index is 14.3. The van der Waals surface area contributed by atoms with Crippen LogP contribution in [0.25, 0.3) is 11.0 Å². The summed E-state index contributed by atoms with van der Waals surface area (Å²) in [6.07, 6.45) is 12.3. The van der Waals surface area contributed by atoms with Crippen molar-refractivity contribution in [3.63, 3.8) is 0 Å². The molecule has 8 rings (SSSR count). The topological polar surface area (TPSA) is 177 Å².